The Hall–Kier alpha value is -1.05. The zero-order valence-electron chi connectivity index (χ0n) is 13.3. The summed E-state index contributed by atoms with van der Waals surface area (Å²) in [4.78, 5) is 16.7. The Labute approximate surface area is 178 Å². The van der Waals surface area contributed by atoms with Gasteiger partial charge < -0.3 is 5.32 Å². The predicted molar refractivity (Wildman–Crippen MR) is 115 cm³/mol. The van der Waals surface area contributed by atoms with Crippen LogP contribution in [-0.4, -0.2) is 10.9 Å². The molecule has 0 atom stereocenters. The minimum Gasteiger partial charge on any atom is -0.326 e. The van der Waals surface area contributed by atoms with Gasteiger partial charge in [0, 0.05) is 21.3 Å². The van der Waals surface area contributed by atoms with E-state index in [1.807, 2.05) is 17.5 Å². The molecule has 3 aromatic rings. The maximum Gasteiger partial charge on any atom is 0.230 e. The molecule has 3 nitrogen and oxygen atoms in total. The predicted octanol–water partition coefficient (Wildman–Crippen LogP) is 6.69. The maximum absolute atomic E-state index is 12.2. The van der Waals surface area contributed by atoms with Crippen molar-refractivity contribution in [2.45, 2.75) is 16.5 Å². The van der Waals surface area contributed by atoms with Gasteiger partial charge >= 0.3 is 0 Å². The van der Waals surface area contributed by atoms with Crippen LogP contribution in [0.3, 0.4) is 0 Å². The SMILES string of the molecule is O=C(Cc1csc(SCc2ccc(Br)cc2)n1)Nc1ccc(Cl)c(Cl)c1. The molecule has 3 rings (SSSR count). The minimum atomic E-state index is -0.141. The number of thiazole rings is 1. The summed E-state index contributed by atoms with van der Waals surface area (Å²) in [5, 5.41) is 5.58. The van der Waals surface area contributed by atoms with Crippen LogP contribution in [0.25, 0.3) is 0 Å². The highest BCUT2D eigenvalue weighted by Gasteiger charge is 2.10. The number of carbonyl (C=O) groups excluding carboxylic acids is 1. The summed E-state index contributed by atoms with van der Waals surface area (Å²) >= 11 is 18.5. The van der Waals surface area contributed by atoms with Crippen molar-refractivity contribution in [3.63, 3.8) is 0 Å². The molecule has 0 aliphatic carbocycles. The second kappa shape index (κ2) is 9.24. The van der Waals surface area contributed by atoms with Crippen molar-refractivity contribution in [3.8, 4) is 0 Å². The summed E-state index contributed by atoms with van der Waals surface area (Å²) in [6.07, 6.45) is 0.218. The zero-order chi connectivity index (χ0) is 18.5. The summed E-state index contributed by atoms with van der Waals surface area (Å²) in [7, 11) is 0. The van der Waals surface area contributed by atoms with E-state index in [0.717, 1.165) is 20.3 Å². The van der Waals surface area contributed by atoms with Gasteiger partial charge in [-0.15, -0.1) is 11.3 Å². The quantitative estimate of drug-likeness (QED) is 0.394. The second-order valence-electron chi connectivity index (χ2n) is 5.37. The number of carbonyl (C=O) groups is 1. The molecular weight excluding hydrogens is 475 g/mol. The van der Waals surface area contributed by atoms with Crippen LogP contribution in [0, 0.1) is 0 Å². The number of thioether (sulfide) groups is 1. The van der Waals surface area contributed by atoms with Crippen molar-refractivity contribution < 1.29 is 4.79 Å². The van der Waals surface area contributed by atoms with Gasteiger partial charge in [-0.3, -0.25) is 4.79 Å². The number of hydrogen-bond acceptors (Lipinski definition) is 4. The molecule has 0 bridgehead atoms. The number of nitrogens with zero attached hydrogens (tertiary/aromatic N) is 1. The fourth-order valence-electron chi connectivity index (χ4n) is 2.11. The Morgan fingerprint density at radius 1 is 1.15 bits per heavy atom. The van der Waals surface area contributed by atoms with Crippen LogP contribution in [0.15, 0.2) is 56.7 Å². The lowest BCUT2D eigenvalue weighted by atomic mass is 10.2. The van der Waals surface area contributed by atoms with Crippen LogP contribution in [0.2, 0.25) is 10.0 Å². The minimum absolute atomic E-state index is 0.141. The Morgan fingerprint density at radius 3 is 2.65 bits per heavy atom. The summed E-state index contributed by atoms with van der Waals surface area (Å²) in [5.41, 5.74) is 2.60. The van der Waals surface area contributed by atoms with Crippen LogP contribution in [0.4, 0.5) is 5.69 Å². The first kappa shape index (κ1) is 19.7. The molecule has 1 N–H and O–H groups in total. The van der Waals surface area contributed by atoms with Crippen LogP contribution >= 0.6 is 62.2 Å². The van der Waals surface area contributed by atoms with Crippen molar-refractivity contribution in [2.24, 2.45) is 0 Å². The Balaban J connectivity index is 1.53. The third-order valence-electron chi connectivity index (χ3n) is 3.35. The smallest absolute Gasteiger partial charge is 0.230 e. The average molecular weight is 488 g/mol. The van der Waals surface area contributed by atoms with Crippen molar-refractivity contribution in [2.75, 3.05) is 5.32 Å². The van der Waals surface area contributed by atoms with E-state index in [1.165, 1.54) is 5.56 Å². The first-order valence-electron chi connectivity index (χ1n) is 7.56. The number of rotatable bonds is 6. The molecule has 1 aromatic heterocycles. The van der Waals surface area contributed by atoms with Crippen LogP contribution < -0.4 is 5.32 Å². The molecule has 1 heterocycles. The summed E-state index contributed by atoms with van der Waals surface area (Å²) in [6.45, 7) is 0. The molecule has 0 spiro atoms. The van der Waals surface area contributed by atoms with E-state index >= 15 is 0 Å². The van der Waals surface area contributed by atoms with E-state index in [2.05, 4.69) is 38.4 Å². The lowest BCUT2D eigenvalue weighted by Gasteiger charge is -2.05. The second-order valence-corrected chi connectivity index (χ2v) is 9.18. The molecule has 0 unspecified atom stereocenters. The van der Waals surface area contributed by atoms with E-state index in [1.54, 1.807) is 41.3 Å². The topological polar surface area (TPSA) is 42.0 Å². The molecule has 0 saturated heterocycles. The molecule has 0 saturated carbocycles. The molecule has 134 valence electrons. The molecule has 26 heavy (non-hydrogen) atoms. The van der Waals surface area contributed by atoms with Gasteiger partial charge in [-0.25, -0.2) is 4.98 Å². The first-order chi connectivity index (χ1) is 12.5. The lowest BCUT2D eigenvalue weighted by Crippen LogP contribution is -2.14. The average Bonchev–Trinajstić information content (AvgIpc) is 3.05. The molecule has 0 aliphatic rings. The van der Waals surface area contributed by atoms with Crippen molar-refractivity contribution in [1.29, 1.82) is 0 Å². The fraction of sp³-hybridized carbons (Fsp3) is 0.111. The fourth-order valence-corrected chi connectivity index (χ4v) is 4.47. The van der Waals surface area contributed by atoms with E-state index in [4.69, 9.17) is 23.2 Å². The lowest BCUT2D eigenvalue weighted by molar-refractivity contribution is -0.115. The zero-order valence-corrected chi connectivity index (χ0v) is 18.1. The van der Waals surface area contributed by atoms with E-state index < -0.39 is 0 Å². The molecule has 0 radical (unpaired) electrons. The summed E-state index contributed by atoms with van der Waals surface area (Å²) in [6, 6.07) is 13.2. The van der Waals surface area contributed by atoms with Gasteiger partial charge in [0.15, 0.2) is 0 Å². The Bertz CT molecular complexity index is 916. The standard InChI is InChI=1S/C18H13BrCl2N2OS2/c19-12-3-1-11(2-4-12)9-25-18-23-14(10-26-18)8-17(24)22-13-5-6-15(20)16(21)7-13/h1-7,10H,8-9H2,(H,22,24). The number of aromatic nitrogens is 1. The number of benzene rings is 2. The third-order valence-corrected chi connectivity index (χ3v) is 6.76. The van der Waals surface area contributed by atoms with E-state index in [-0.39, 0.29) is 12.3 Å². The van der Waals surface area contributed by atoms with Crippen LogP contribution in [0.5, 0.6) is 0 Å². The number of amides is 1. The van der Waals surface area contributed by atoms with Gasteiger partial charge in [-0.05, 0) is 35.9 Å². The molecule has 8 heteroatoms. The van der Waals surface area contributed by atoms with Crippen LogP contribution in [0.1, 0.15) is 11.3 Å². The van der Waals surface area contributed by atoms with Crippen LogP contribution in [-0.2, 0) is 17.0 Å². The number of halogens is 3. The largest absolute Gasteiger partial charge is 0.326 e. The Morgan fingerprint density at radius 2 is 1.92 bits per heavy atom. The van der Waals surface area contributed by atoms with Crippen molar-refractivity contribution in [1.82, 2.24) is 4.98 Å². The normalized spacial score (nSPS) is 10.7. The highest BCUT2D eigenvalue weighted by Crippen LogP contribution is 2.28. The molecule has 1 amide bonds. The van der Waals surface area contributed by atoms with Gasteiger partial charge in [0.2, 0.25) is 5.91 Å². The van der Waals surface area contributed by atoms with Gasteiger partial charge in [0.1, 0.15) is 4.34 Å². The van der Waals surface area contributed by atoms with Gasteiger partial charge in [-0.1, -0.05) is 63.0 Å². The number of nitrogens with one attached hydrogen (secondary N) is 1. The summed E-state index contributed by atoms with van der Waals surface area (Å²) < 4.78 is 2.01. The first-order valence-corrected chi connectivity index (χ1v) is 11.0. The van der Waals surface area contributed by atoms with Gasteiger partial charge in [-0.2, -0.15) is 0 Å². The van der Waals surface area contributed by atoms with Gasteiger partial charge in [0.05, 0.1) is 22.2 Å². The van der Waals surface area contributed by atoms with E-state index in [9.17, 15) is 4.79 Å². The third kappa shape index (κ3) is 5.72. The van der Waals surface area contributed by atoms with E-state index in [0.29, 0.717) is 15.7 Å². The molecular formula is C18H13BrCl2N2OS2. The number of hydrogen-bond donors (Lipinski definition) is 1. The van der Waals surface area contributed by atoms with Crippen molar-refractivity contribution in [3.05, 3.63) is 73.6 Å². The maximum atomic E-state index is 12.2. The van der Waals surface area contributed by atoms with Gasteiger partial charge in [0.25, 0.3) is 0 Å². The molecule has 2 aromatic carbocycles. The highest BCUT2D eigenvalue weighted by atomic mass is 79.9. The monoisotopic (exact) mass is 486 g/mol. The highest BCUT2D eigenvalue weighted by molar-refractivity contribution is 9.10. The summed E-state index contributed by atoms with van der Waals surface area (Å²) in [5.74, 6) is 0.702. The number of anilines is 1. The Kier molecular flexibility index (Phi) is 7.00. The molecule has 0 aliphatic heterocycles. The molecule has 0 fully saturated rings. The van der Waals surface area contributed by atoms with Crippen molar-refractivity contribution >= 4 is 73.8 Å².